The largest absolute Gasteiger partial charge is 0.491 e. The normalized spacial score (nSPS) is 13.6. The molecule has 123 heavy (non-hydrogen) atoms. The minimum Gasteiger partial charge on any atom is -0.491 e. The van der Waals surface area contributed by atoms with Gasteiger partial charge in [-0.25, -0.2) is 9.97 Å². The number of carbonyl (C=O) groups is 4. The lowest BCUT2D eigenvalue weighted by atomic mass is 9.95. The molecule has 0 unspecified atom stereocenters. The summed E-state index contributed by atoms with van der Waals surface area (Å²) in [5.41, 5.74) is 0.362. The number of imidazole rings is 1. The Kier molecular flexibility index (Phi) is 43.9. The number of aromatic nitrogens is 5. The Morgan fingerprint density at radius 1 is 0.520 bits per heavy atom. The first-order chi connectivity index (χ1) is 59.8. The van der Waals surface area contributed by atoms with Gasteiger partial charge >= 0.3 is 11.7 Å². The topological polar surface area (TPSA) is 333 Å². The number of hydrogen-bond donors (Lipinski definition) is 5. The minimum absolute atomic E-state index is 0.0439. The van der Waals surface area contributed by atoms with E-state index in [1.54, 1.807) is 61.1 Å². The molecule has 0 saturated carbocycles. The molecule has 9 rings (SSSR count). The van der Waals surface area contributed by atoms with E-state index in [-0.39, 0.29) is 65.4 Å². The number of hydrogen-bond acceptors (Lipinski definition) is 26. The van der Waals surface area contributed by atoms with Gasteiger partial charge < -0.3 is 107 Å². The number of aryl methyl sites for hydroxylation is 1. The average Bonchev–Trinajstić information content (AvgIpc) is 1.72. The maximum absolute atomic E-state index is 14.2. The van der Waals surface area contributed by atoms with Gasteiger partial charge in [0, 0.05) is 136 Å². The molecule has 0 atom stereocenters. The summed E-state index contributed by atoms with van der Waals surface area (Å²) in [5, 5.41) is 18.1. The zero-order valence-corrected chi connectivity index (χ0v) is 70.3. The van der Waals surface area contributed by atoms with Crippen LogP contribution in [0.1, 0.15) is 67.9 Å². The fourth-order valence-electron chi connectivity index (χ4n) is 12.4. The number of alkyl halides is 6. The maximum atomic E-state index is 14.2. The third-order valence-electron chi connectivity index (χ3n) is 19.0. The van der Waals surface area contributed by atoms with Crippen molar-refractivity contribution in [1.29, 1.82) is 0 Å². The Morgan fingerprint density at radius 2 is 1.03 bits per heavy atom. The second-order valence-electron chi connectivity index (χ2n) is 28.1. The van der Waals surface area contributed by atoms with E-state index < -0.39 is 29.1 Å². The molecule has 32 nitrogen and oxygen atoms in total. The van der Waals surface area contributed by atoms with E-state index in [0.29, 0.717) is 283 Å². The number of carbonyl (C=O) groups excluding carboxylic acids is 4. The predicted octanol–water partition coefficient (Wildman–Crippen LogP) is 8.42. The first-order valence-corrected chi connectivity index (χ1v) is 41.4. The van der Waals surface area contributed by atoms with Crippen LogP contribution in [0.4, 0.5) is 39.1 Å². The van der Waals surface area contributed by atoms with Gasteiger partial charge in [0.25, 0.3) is 11.8 Å². The van der Waals surface area contributed by atoms with E-state index in [1.807, 2.05) is 23.3 Å². The van der Waals surface area contributed by atoms with Gasteiger partial charge in [0.1, 0.15) is 35.3 Å². The van der Waals surface area contributed by atoms with Gasteiger partial charge in [-0.15, -0.1) is 8.78 Å². The minimum atomic E-state index is -4.59. The number of piperidine rings is 1. The number of likely N-dealkylation sites (N-methyl/N-ethyl adjacent to an activating group) is 1. The number of nitrogens with one attached hydrogen (secondary N) is 5. The molecule has 38 heteroatoms. The maximum Gasteiger partial charge on any atom is 0.487 e. The number of halogens is 6. The molecule has 2 saturated heterocycles. The van der Waals surface area contributed by atoms with Crippen LogP contribution in [0, 0.1) is 24.7 Å². The van der Waals surface area contributed by atoms with Crippen LogP contribution in [-0.4, -0.2) is 315 Å². The van der Waals surface area contributed by atoms with Gasteiger partial charge in [-0.3, -0.25) is 33.6 Å². The number of piperazine rings is 1. The Labute approximate surface area is 717 Å². The van der Waals surface area contributed by atoms with Crippen LogP contribution < -0.4 is 35.6 Å². The lowest BCUT2D eigenvalue weighted by Crippen LogP contribution is -2.44. The van der Waals surface area contributed by atoms with E-state index in [9.17, 15) is 41.1 Å². The van der Waals surface area contributed by atoms with Crippen molar-refractivity contribution >= 4 is 58.1 Å². The van der Waals surface area contributed by atoms with Crippen LogP contribution in [-0.2, 0) is 88.6 Å². The summed E-state index contributed by atoms with van der Waals surface area (Å²) in [6, 6.07) is 21.3. The van der Waals surface area contributed by atoms with E-state index in [2.05, 4.69) is 67.8 Å². The van der Waals surface area contributed by atoms with Crippen LogP contribution in [0.5, 0.6) is 11.5 Å². The van der Waals surface area contributed by atoms with Crippen molar-refractivity contribution in [3.63, 3.8) is 0 Å². The molecule has 4 amide bonds. The molecule has 6 heterocycles. The van der Waals surface area contributed by atoms with Crippen molar-refractivity contribution in [3.8, 4) is 34.6 Å². The number of anilines is 3. The zero-order valence-electron chi connectivity index (χ0n) is 69.5. The standard InChI is InChI=1S/C85H112ClF5N12O20/c1-64-3-4-67(82(106)98-71-7-5-68(76(59-71)84(87,88)89)63-101-26-24-100(2)25-27-101)57-66(64)6-10-72-62-94-78-60-74(16-23-103(72)78)122-56-55-121-54-53-120-52-51-119-48-45-115-41-38-112-35-32-109-29-19-92-79(104)17-28-108-31-34-111-37-40-114-43-46-117-49-50-118-47-44-116-42-39-113-36-33-110-30-20-93-81(105)65-14-21-102(22-15-65)80-75(77-13-18-96-99-77)58-69(61-95-80)83(107)97-70-8-11-73(12-9-70)123-85(86,90)91/h3-5,7-9,11-13,16,18,23,57-62,65H,14-15,17,19-22,24-56,63H2,1-2H3,(H,92,104)(H,93,105)(H,96,99)(H,97,107)(H,98,106). The third-order valence-corrected chi connectivity index (χ3v) is 19.0. The summed E-state index contributed by atoms with van der Waals surface area (Å²) < 4.78 is 159. The third kappa shape index (κ3) is 37.7. The van der Waals surface area contributed by atoms with Gasteiger partial charge in [0.2, 0.25) is 11.8 Å². The summed E-state index contributed by atoms with van der Waals surface area (Å²) in [6.07, 6.45) is 3.32. The first-order valence-electron chi connectivity index (χ1n) is 41.0. The Hall–Kier alpha value is -9.15. The Morgan fingerprint density at radius 3 is 1.57 bits per heavy atom. The molecule has 0 aliphatic carbocycles. The molecular weight excluding hydrogens is 1640 g/mol. The van der Waals surface area contributed by atoms with Crippen molar-refractivity contribution < 1.29 is 117 Å². The fraction of sp³-hybridized carbons (Fsp3) is 0.541. The molecule has 2 aliphatic heterocycles. The molecular formula is C85H112ClF5N12O20. The second-order valence-corrected chi connectivity index (χ2v) is 28.5. The highest BCUT2D eigenvalue weighted by molar-refractivity contribution is 6.20. The van der Waals surface area contributed by atoms with E-state index in [4.69, 9.17) is 82.7 Å². The van der Waals surface area contributed by atoms with Crippen LogP contribution in [0.2, 0.25) is 0 Å². The number of nitrogens with zero attached hydrogens (tertiary/aromatic N) is 7. The average molecular weight is 1750 g/mol. The molecule has 0 bridgehead atoms. The van der Waals surface area contributed by atoms with Crippen LogP contribution in [0.15, 0.2) is 110 Å². The van der Waals surface area contributed by atoms with Crippen LogP contribution in [0.3, 0.4) is 0 Å². The van der Waals surface area contributed by atoms with Gasteiger partial charge in [0.05, 0.1) is 208 Å². The van der Waals surface area contributed by atoms with Crippen molar-refractivity contribution in [2.75, 3.05) is 267 Å². The lowest BCUT2D eigenvalue weighted by molar-refractivity contribution is -0.138. The molecule has 674 valence electrons. The smallest absolute Gasteiger partial charge is 0.487 e. The number of benzene rings is 3. The van der Waals surface area contributed by atoms with Crippen LogP contribution in [0.25, 0.3) is 16.9 Å². The molecule has 4 aromatic heterocycles. The van der Waals surface area contributed by atoms with Gasteiger partial charge in [-0.2, -0.15) is 18.3 Å². The first kappa shape index (κ1) is 97.7. The number of rotatable bonds is 60. The number of aromatic amines is 1. The fourth-order valence-corrected chi connectivity index (χ4v) is 12.5. The summed E-state index contributed by atoms with van der Waals surface area (Å²) in [4.78, 5) is 67.1. The quantitative estimate of drug-likeness (QED) is 0.0103. The zero-order chi connectivity index (χ0) is 87.0. The van der Waals surface area contributed by atoms with E-state index in [1.165, 1.54) is 42.6 Å². The molecule has 7 aromatic rings. The molecule has 5 N–H and O–H groups in total. The van der Waals surface area contributed by atoms with Crippen LogP contribution >= 0.6 is 11.6 Å². The predicted molar refractivity (Wildman–Crippen MR) is 445 cm³/mol. The number of pyridine rings is 2. The monoisotopic (exact) mass is 1750 g/mol. The summed E-state index contributed by atoms with van der Waals surface area (Å²) in [5.74, 6) is 5.94. The van der Waals surface area contributed by atoms with Gasteiger partial charge in [-0.1, -0.05) is 18.1 Å². The van der Waals surface area contributed by atoms with Crippen molar-refractivity contribution in [2.24, 2.45) is 5.92 Å². The lowest BCUT2D eigenvalue weighted by Gasteiger charge is -2.33. The Balaban J connectivity index is 0.454. The van der Waals surface area contributed by atoms with E-state index >= 15 is 0 Å². The summed E-state index contributed by atoms with van der Waals surface area (Å²) in [6.45, 7) is 18.1. The molecule has 0 radical (unpaired) electrons. The number of ether oxygens (including phenoxy) is 16. The van der Waals surface area contributed by atoms with Crippen molar-refractivity contribution in [3.05, 3.63) is 149 Å². The Bertz CT molecular complexity index is 4300. The summed E-state index contributed by atoms with van der Waals surface area (Å²) >= 11 is 4.84. The summed E-state index contributed by atoms with van der Waals surface area (Å²) in [7, 11) is 1.99. The second kappa shape index (κ2) is 55.3. The molecule has 3 aromatic carbocycles. The van der Waals surface area contributed by atoms with Crippen molar-refractivity contribution in [1.82, 2.24) is 45.0 Å². The van der Waals surface area contributed by atoms with Crippen molar-refractivity contribution in [2.45, 2.75) is 44.5 Å². The van der Waals surface area contributed by atoms with Gasteiger partial charge in [0.15, 0.2) is 0 Å². The highest BCUT2D eigenvalue weighted by Crippen LogP contribution is 2.36. The SMILES string of the molecule is Cc1ccc(C(=O)Nc2ccc(CN3CCN(C)CC3)c(C(F)(F)F)c2)cc1C#Cc1cnc2cc(OCCOCCOCCOCCOCCOCCOCCNC(=O)CCOCCOCCOCCOCCOCCOCCOCCOCCNC(=O)C3CCN(c4ncc(C(=O)Nc5ccc(OC(F)(F)Cl)cc5)cc4-c4ccn[nH]4)CC3)ccn12. The van der Waals surface area contributed by atoms with Gasteiger partial charge in [-0.05, 0) is 111 Å². The number of H-pyrrole nitrogens is 1. The number of amides is 4. The molecule has 2 fully saturated rings. The van der Waals surface area contributed by atoms with E-state index in [0.717, 1.165) is 24.7 Å². The highest BCUT2D eigenvalue weighted by Gasteiger charge is 2.35. The molecule has 2 aliphatic rings. The highest BCUT2D eigenvalue weighted by atomic mass is 35.5. The number of fused-ring (bicyclic) bond motifs is 1. The molecule has 0 spiro atoms.